The summed E-state index contributed by atoms with van der Waals surface area (Å²) in [6.45, 7) is 4.39. The second-order valence-electron chi connectivity index (χ2n) is 16.7. The summed E-state index contributed by atoms with van der Waals surface area (Å²) in [6, 6.07) is 0. The van der Waals surface area contributed by atoms with E-state index in [0.29, 0.717) is 12.8 Å². The molecule has 14 nitrogen and oxygen atoms in total. The summed E-state index contributed by atoms with van der Waals surface area (Å²) < 4.78 is 41.5. The second kappa shape index (κ2) is 35.9. The van der Waals surface area contributed by atoms with Crippen LogP contribution in [0.3, 0.4) is 0 Å². The van der Waals surface area contributed by atoms with Gasteiger partial charge in [-0.15, -0.1) is 0 Å². The largest absolute Gasteiger partial charge is 1.00 e. The summed E-state index contributed by atoms with van der Waals surface area (Å²) in [6.07, 6.45) is 27.6. The SMILES string of the molecule is CCCCCCCCCCCCCCCC(=O)OCC(COP(=O)(O)O[C@H]1C[C@H](n2cc(C)c([O-])nc2=O)O[C@@H]1CO)OC(=O)CCCCCCCCCCCCCCC.[Na+]. The van der Waals surface area contributed by atoms with Crippen molar-refractivity contribution in [2.24, 2.45) is 0 Å². The number of aromatic nitrogens is 2. The van der Waals surface area contributed by atoms with E-state index in [1.165, 1.54) is 129 Å². The molecule has 0 aliphatic carbocycles. The number of hydrogen-bond donors (Lipinski definition) is 2. The van der Waals surface area contributed by atoms with Crippen LogP contribution in [0.4, 0.5) is 0 Å². The molecule has 16 heteroatoms. The maximum absolute atomic E-state index is 13.1. The topological polar surface area (TPSA) is 196 Å². The Hall–Kier alpha value is -1.35. The smallest absolute Gasteiger partial charge is 0.858 e. The number of aliphatic hydroxyl groups excluding tert-OH is 1. The zero-order chi connectivity index (χ0) is 43.9. The number of carbonyl (C=O) groups excluding carboxylic acids is 2. The number of phosphoric ester groups is 1. The van der Waals surface area contributed by atoms with E-state index in [2.05, 4.69) is 18.8 Å². The average Bonchev–Trinajstić information content (AvgIpc) is 3.62. The van der Waals surface area contributed by atoms with Crippen LogP contribution in [0.2, 0.25) is 0 Å². The molecule has 348 valence electrons. The van der Waals surface area contributed by atoms with Gasteiger partial charge >= 0.3 is 55.0 Å². The van der Waals surface area contributed by atoms with Crippen LogP contribution < -0.4 is 40.4 Å². The zero-order valence-corrected chi connectivity index (χ0v) is 41.2. The number of hydrogen-bond acceptors (Lipinski definition) is 12. The first-order chi connectivity index (χ1) is 29.0. The number of esters is 2. The van der Waals surface area contributed by atoms with E-state index in [9.17, 15) is 34.1 Å². The predicted molar refractivity (Wildman–Crippen MR) is 230 cm³/mol. The Morgan fingerprint density at radius 1 is 0.787 bits per heavy atom. The molecule has 2 N–H and O–H groups in total. The number of carbonyl (C=O) groups is 2. The molecule has 2 heterocycles. The summed E-state index contributed by atoms with van der Waals surface area (Å²) in [5.74, 6) is -1.67. The van der Waals surface area contributed by atoms with Gasteiger partial charge in [0.1, 0.15) is 25.0 Å². The molecular formula is C45H80N2NaO12P. The van der Waals surface area contributed by atoms with E-state index in [1.807, 2.05) is 0 Å². The number of aryl methyl sites for hydroxylation is 1. The van der Waals surface area contributed by atoms with Crippen molar-refractivity contribution in [3.8, 4) is 5.88 Å². The van der Waals surface area contributed by atoms with E-state index in [-0.39, 0.29) is 61.0 Å². The molecule has 0 bridgehead atoms. The molecule has 1 aliphatic rings. The van der Waals surface area contributed by atoms with Crippen molar-refractivity contribution in [3.63, 3.8) is 0 Å². The van der Waals surface area contributed by atoms with Crippen LogP contribution in [-0.2, 0) is 37.4 Å². The van der Waals surface area contributed by atoms with E-state index in [4.69, 9.17) is 23.3 Å². The van der Waals surface area contributed by atoms with Crippen LogP contribution >= 0.6 is 7.82 Å². The van der Waals surface area contributed by atoms with E-state index in [1.54, 1.807) is 0 Å². The number of nitrogens with zero attached hydrogens (tertiary/aromatic N) is 2. The Balaban J connectivity index is 0.0000186. The third kappa shape index (κ3) is 27.6. The summed E-state index contributed by atoms with van der Waals surface area (Å²) in [5.41, 5.74) is -0.678. The van der Waals surface area contributed by atoms with E-state index in [0.717, 1.165) is 43.1 Å². The molecule has 61 heavy (non-hydrogen) atoms. The molecule has 2 rings (SSSR count). The summed E-state index contributed by atoms with van der Waals surface area (Å²) in [5, 5.41) is 21.7. The van der Waals surface area contributed by atoms with Gasteiger partial charge in [0, 0.05) is 25.5 Å². The van der Waals surface area contributed by atoms with Crippen molar-refractivity contribution in [3.05, 3.63) is 22.2 Å². The number of ether oxygens (including phenoxy) is 3. The van der Waals surface area contributed by atoms with Gasteiger partial charge in [0.15, 0.2) is 6.10 Å². The Kier molecular flexibility index (Phi) is 34.0. The fourth-order valence-electron chi connectivity index (χ4n) is 7.48. The van der Waals surface area contributed by atoms with Gasteiger partial charge in [-0.25, -0.2) is 14.3 Å². The zero-order valence-electron chi connectivity index (χ0n) is 38.3. The molecule has 0 aromatic carbocycles. The van der Waals surface area contributed by atoms with Crippen LogP contribution in [-0.4, -0.2) is 69.6 Å². The van der Waals surface area contributed by atoms with Gasteiger partial charge in [0.25, 0.3) is 0 Å². The minimum absolute atomic E-state index is 0. The second-order valence-corrected chi connectivity index (χ2v) is 18.1. The molecule has 1 aromatic rings. The molecule has 1 aliphatic heterocycles. The minimum atomic E-state index is -4.86. The first-order valence-electron chi connectivity index (χ1n) is 23.5. The van der Waals surface area contributed by atoms with E-state index < -0.39 is 69.1 Å². The monoisotopic (exact) mass is 895 g/mol. The molecule has 5 atom stereocenters. The third-order valence-corrected chi connectivity index (χ3v) is 12.2. The fraction of sp³-hybridized carbons (Fsp3) is 0.867. The first-order valence-corrected chi connectivity index (χ1v) is 25.0. The standard InChI is InChI=1S/C45H81N2O12P.Na/c1-4-6-8-10-12-14-16-18-20-22-24-26-28-30-42(49)55-35-38(57-43(50)31-29-27-25-23-21-19-17-15-13-11-9-7-5-2)36-56-60(53,54)59-39-32-41(58-40(39)34-48)47-33-37(3)44(51)46-45(47)52;/h33,38-41,48H,4-32,34-36H2,1-3H3,(H,53,54)(H,46,51,52);/q;+1/p-1/t38?,39-,40+,41+;/m0./s1. The Labute approximate surface area is 388 Å². The molecule has 0 radical (unpaired) electrons. The molecule has 0 amide bonds. The van der Waals surface area contributed by atoms with Gasteiger partial charge in [-0.3, -0.25) is 23.2 Å². The van der Waals surface area contributed by atoms with Crippen LogP contribution in [0.25, 0.3) is 0 Å². The summed E-state index contributed by atoms with van der Waals surface area (Å²) in [7, 11) is -4.86. The third-order valence-electron chi connectivity index (χ3n) is 11.1. The Morgan fingerprint density at radius 2 is 1.23 bits per heavy atom. The van der Waals surface area contributed by atoms with Crippen LogP contribution in [0.1, 0.15) is 212 Å². The normalized spacial score (nSPS) is 17.8. The van der Waals surface area contributed by atoms with Crippen molar-refractivity contribution in [2.45, 2.75) is 232 Å². The Morgan fingerprint density at radius 3 is 1.69 bits per heavy atom. The molecule has 0 saturated carbocycles. The molecular weight excluding hydrogens is 814 g/mol. The van der Waals surface area contributed by atoms with Crippen molar-refractivity contribution < 1.29 is 82.1 Å². The van der Waals surface area contributed by atoms with Crippen molar-refractivity contribution in [1.29, 1.82) is 0 Å². The minimum Gasteiger partial charge on any atom is -0.858 e. The molecule has 0 spiro atoms. The summed E-state index contributed by atoms with van der Waals surface area (Å²) >= 11 is 0. The van der Waals surface area contributed by atoms with E-state index >= 15 is 0 Å². The van der Waals surface area contributed by atoms with Gasteiger partial charge in [0.05, 0.1) is 13.2 Å². The average molecular weight is 895 g/mol. The molecule has 1 saturated heterocycles. The number of rotatable bonds is 38. The number of unbranched alkanes of at least 4 members (excludes halogenated alkanes) is 24. The van der Waals surface area contributed by atoms with Gasteiger partial charge in [-0.2, -0.15) is 0 Å². The first kappa shape index (κ1) is 57.7. The molecule has 2 unspecified atom stereocenters. The van der Waals surface area contributed by atoms with Gasteiger partial charge < -0.3 is 29.3 Å². The number of aliphatic hydroxyl groups is 1. The van der Waals surface area contributed by atoms with Crippen LogP contribution in [0.15, 0.2) is 11.0 Å². The fourth-order valence-corrected chi connectivity index (χ4v) is 8.46. The predicted octanol–water partition coefficient (Wildman–Crippen LogP) is 6.83. The van der Waals surface area contributed by atoms with Crippen LogP contribution in [0.5, 0.6) is 5.88 Å². The Bertz CT molecular complexity index is 1400. The number of phosphoric acid groups is 1. The van der Waals surface area contributed by atoms with Gasteiger partial charge in [-0.1, -0.05) is 168 Å². The van der Waals surface area contributed by atoms with Crippen molar-refractivity contribution in [2.75, 3.05) is 19.8 Å². The van der Waals surface area contributed by atoms with Gasteiger partial charge in [0.2, 0.25) is 0 Å². The van der Waals surface area contributed by atoms with Crippen molar-refractivity contribution >= 4 is 19.8 Å². The van der Waals surface area contributed by atoms with Gasteiger partial charge in [-0.05, 0) is 31.2 Å². The maximum atomic E-state index is 13.1. The molecule has 1 aromatic heterocycles. The maximum Gasteiger partial charge on any atom is 1.00 e. The molecule has 1 fully saturated rings. The quantitative estimate of drug-likeness (QED) is 0.0304. The van der Waals surface area contributed by atoms with Crippen molar-refractivity contribution in [1.82, 2.24) is 9.55 Å². The summed E-state index contributed by atoms with van der Waals surface area (Å²) in [4.78, 5) is 52.0. The van der Waals surface area contributed by atoms with Crippen LogP contribution in [0, 0.1) is 6.92 Å².